The molecular weight excluding hydrogens is 560 g/mol. The van der Waals surface area contributed by atoms with Crippen LogP contribution in [-0.4, -0.2) is 84.0 Å². The number of benzene rings is 2. The third-order valence-corrected chi connectivity index (χ3v) is 11.2. The molecule has 39 heavy (non-hydrogen) atoms. The van der Waals surface area contributed by atoms with Gasteiger partial charge in [0, 0.05) is 54.6 Å². The van der Waals surface area contributed by atoms with Crippen LogP contribution in [0.2, 0.25) is 5.02 Å². The predicted molar refractivity (Wildman–Crippen MR) is 150 cm³/mol. The zero-order valence-electron chi connectivity index (χ0n) is 21.0. The van der Waals surface area contributed by atoms with Crippen LogP contribution in [0, 0.1) is 0 Å². The highest BCUT2D eigenvalue weighted by molar-refractivity contribution is 7.91. The van der Waals surface area contributed by atoms with Gasteiger partial charge in [-0.2, -0.15) is 4.31 Å². The molecule has 0 spiro atoms. The van der Waals surface area contributed by atoms with Gasteiger partial charge < -0.3 is 10.0 Å². The minimum atomic E-state index is -4.08. The third kappa shape index (κ3) is 4.98. The molecule has 3 aliphatic rings. The number of carbonyl (C=O) groups is 2. The molecule has 12 heteroatoms. The lowest BCUT2D eigenvalue weighted by atomic mass is 9.92. The molecule has 0 bridgehead atoms. The number of likely N-dealkylation sites (tertiary alicyclic amines) is 1. The summed E-state index contributed by atoms with van der Waals surface area (Å²) in [6.07, 6.45) is 2.18. The summed E-state index contributed by atoms with van der Waals surface area (Å²) in [5.74, 6) is -1.79. The van der Waals surface area contributed by atoms with E-state index in [0.717, 1.165) is 52.8 Å². The summed E-state index contributed by atoms with van der Waals surface area (Å²) in [6.45, 7) is 2.30. The molecule has 3 aromatic rings. The van der Waals surface area contributed by atoms with Gasteiger partial charge in [-0.05, 0) is 41.1 Å². The minimum Gasteiger partial charge on any atom is -0.480 e. The first-order chi connectivity index (χ1) is 18.7. The number of rotatable bonds is 8. The second-order valence-electron chi connectivity index (χ2n) is 10.1. The SMILES string of the molecule is O=C(O)[C@H]1CN(S(=O)(=O)c2cc3ccc(Cl)cc3s2)CC(=O)N1Cc1ccc(C(C2=NCC2)N2CCC2)cc1. The van der Waals surface area contributed by atoms with Crippen molar-refractivity contribution in [3.63, 3.8) is 0 Å². The predicted octanol–water partition coefficient (Wildman–Crippen LogP) is 3.63. The highest BCUT2D eigenvalue weighted by atomic mass is 35.5. The molecule has 6 rings (SSSR count). The van der Waals surface area contributed by atoms with Gasteiger partial charge >= 0.3 is 5.97 Å². The number of carbonyl (C=O) groups excluding carboxylic acids is 1. The average molecular weight is 587 g/mol. The molecule has 4 heterocycles. The Bertz CT molecular complexity index is 1580. The monoisotopic (exact) mass is 586 g/mol. The van der Waals surface area contributed by atoms with Crippen LogP contribution < -0.4 is 0 Å². The maximum Gasteiger partial charge on any atom is 0.327 e. The quantitative estimate of drug-likeness (QED) is 0.432. The van der Waals surface area contributed by atoms with Crippen molar-refractivity contribution in [3.8, 4) is 0 Å². The normalized spacial score (nSPS) is 21.4. The van der Waals surface area contributed by atoms with Gasteiger partial charge in [0.25, 0.3) is 10.0 Å². The number of halogens is 1. The van der Waals surface area contributed by atoms with E-state index in [2.05, 4.69) is 9.89 Å². The Morgan fingerprint density at radius 2 is 1.90 bits per heavy atom. The molecule has 1 N–H and O–H groups in total. The minimum absolute atomic E-state index is 0.0496. The number of fused-ring (bicyclic) bond motifs is 1. The number of piperazine rings is 1. The first-order valence-electron chi connectivity index (χ1n) is 12.8. The van der Waals surface area contributed by atoms with Crippen molar-refractivity contribution in [3.05, 3.63) is 64.7 Å². The molecule has 0 saturated carbocycles. The standard InChI is InChI=1S/C27H27ClN4O5S2/c28-20-7-6-19-12-25(38-23(19)13-20)39(36,37)31-15-22(27(34)35)32(24(33)16-31)14-17-2-4-18(5-3-17)26(21-8-9-29-21)30-10-1-11-30/h2-7,12-13,22,26H,1,8-11,14-16H2,(H,34,35)/t22-,26?/m1/s1. The maximum atomic E-state index is 13.4. The molecule has 0 aliphatic carbocycles. The fourth-order valence-electron chi connectivity index (χ4n) is 5.28. The fourth-order valence-corrected chi connectivity index (χ4v) is 8.50. The van der Waals surface area contributed by atoms with Crippen molar-refractivity contribution in [2.45, 2.75) is 35.7 Å². The van der Waals surface area contributed by atoms with Crippen molar-refractivity contribution >= 4 is 60.6 Å². The number of nitrogens with zero attached hydrogens (tertiary/aromatic N) is 4. The van der Waals surface area contributed by atoms with Crippen molar-refractivity contribution in [2.24, 2.45) is 4.99 Å². The molecule has 9 nitrogen and oxygen atoms in total. The van der Waals surface area contributed by atoms with Crippen molar-refractivity contribution in [1.29, 1.82) is 0 Å². The number of sulfonamides is 1. The first kappa shape index (κ1) is 26.4. The summed E-state index contributed by atoms with van der Waals surface area (Å²) in [7, 11) is -4.08. The van der Waals surface area contributed by atoms with E-state index in [-0.39, 0.29) is 23.3 Å². The maximum absolute atomic E-state index is 13.4. The van der Waals surface area contributed by atoms with E-state index in [9.17, 15) is 23.1 Å². The molecule has 2 aromatic carbocycles. The topological polar surface area (TPSA) is 111 Å². The zero-order valence-corrected chi connectivity index (χ0v) is 23.4. The van der Waals surface area contributed by atoms with Crippen molar-refractivity contribution in [2.75, 3.05) is 32.7 Å². The Morgan fingerprint density at radius 3 is 2.51 bits per heavy atom. The molecule has 0 radical (unpaired) electrons. The Kier molecular flexibility index (Phi) is 6.96. The molecule has 2 atom stereocenters. The second kappa shape index (κ2) is 10.3. The van der Waals surface area contributed by atoms with Crippen LogP contribution in [0.1, 0.15) is 30.0 Å². The fraction of sp³-hybridized carbons (Fsp3) is 0.370. The van der Waals surface area contributed by atoms with Gasteiger partial charge in [-0.1, -0.05) is 41.9 Å². The lowest BCUT2D eigenvalue weighted by Gasteiger charge is -2.41. The van der Waals surface area contributed by atoms with Crippen molar-refractivity contribution in [1.82, 2.24) is 14.1 Å². The molecular formula is C27H27ClN4O5S2. The van der Waals surface area contributed by atoms with Gasteiger partial charge in [0.2, 0.25) is 5.91 Å². The van der Waals surface area contributed by atoms with Crippen LogP contribution in [0.4, 0.5) is 0 Å². The van der Waals surface area contributed by atoms with E-state index in [1.54, 1.807) is 18.2 Å². The van der Waals surface area contributed by atoms with Gasteiger partial charge in [-0.25, -0.2) is 13.2 Å². The number of amides is 1. The van der Waals surface area contributed by atoms with E-state index < -0.39 is 34.5 Å². The summed E-state index contributed by atoms with van der Waals surface area (Å²) in [5.41, 5.74) is 3.12. The van der Waals surface area contributed by atoms with E-state index in [0.29, 0.717) is 15.1 Å². The van der Waals surface area contributed by atoms with Gasteiger partial charge in [0.05, 0.1) is 12.6 Å². The lowest BCUT2D eigenvalue weighted by molar-refractivity contribution is -0.154. The lowest BCUT2D eigenvalue weighted by Crippen LogP contribution is -2.59. The van der Waals surface area contributed by atoms with Crippen LogP contribution in [0.25, 0.3) is 10.1 Å². The van der Waals surface area contributed by atoms with Crippen LogP contribution in [0.5, 0.6) is 0 Å². The van der Waals surface area contributed by atoms with E-state index in [1.807, 2.05) is 24.3 Å². The summed E-state index contributed by atoms with van der Waals surface area (Å²) in [6, 6.07) is 13.4. The number of carboxylic acid groups (broad SMARTS) is 1. The second-order valence-corrected chi connectivity index (χ2v) is 13.8. The number of thiophene rings is 1. The van der Waals surface area contributed by atoms with E-state index in [4.69, 9.17) is 11.6 Å². The van der Waals surface area contributed by atoms with Gasteiger partial charge in [-0.3, -0.25) is 14.7 Å². The van der Waals surface area contributed by atoms with Crippen LogP contribution in [-0.2, 0) is 26.2 Å². The number of hydrogen-bond donors (Lipinski definition) is 1. The first-order valence-corrected chi connectivity index (χ1v) is 15.4. The van der Waals surface area contributed by atoms with Crippen molar-refractivity contribution < 1.29 is 23.1 Å². The van der Waals surface area contributed by atoms with Gasteiger partial charge in [0.15, 0.2) is 0 Å². The molecule has 1 aromatic heterocycles. The molecule has 1 unspecified atom stereocenters. The van der Waals surface area contributed by atoms with E-state index in [1.165, 1.54) is 23.1 Å². The smallest absolute Gasteiger partial charge is 0.327 e. The molecule has 3 aliphatic heterocycles. The number of hydrogen-bond acceptors (Lipinski definition) is 7. The van der Waals surface area contributed by atoms with Crippen LogP contribution >= 0.6 is 22.9 Å². The molecule has 2 saturated heterocycles. The number of aliphatic imine (C=N–C) groups is 1. The van der Waals surface area contributed by atoms with E-state index >= 15 is 0 Å². The Labute approximate surface area is 235 Å². The zero-order chi connectivity index (χ0) is 27.3. The van der Waals surface area contributed by atoms with Crippen LogP contribution in [0.3, 0.4) is 0 Å². The summed E-state index contributed by atoms with van der Waals surface area (Å²) in [4.78, 5) is 33.6. The summed E-state index contributed by atoms with van der Waals surface area (Å²) < 4.78 is 28.6. The summed E-state index contributed by atoms with van der Waals surface area (Å²) in [5, 5.41) is 11.2. The average Bonchev–Trinajstić information content (AvgIpc) is 3.27. The van der Waals surface area contributed by atoms with Gasteiger partial charge in [-0.15, -0.1) is 11.3 Å². The number of aliphatic carboxylic acids is 1. The third-order valence-electron chi connectivity index (χ3n) is 7.63. The molecule has 204 valence electrons. The Hall–Kier alpha value is -2.83. The van der Waals surface area contributed by atoms with Crippen LogP contribution in [0.15, 0.2) is 57.7 Å². The highest BCUT2D eigenvalue weighted by Crippen LogP contribution is 2.34. The largest absolute Gasteiger partial charge is 0.480 e. The molecule has 2 fully saturated rings. The summed E-state index contributed by atoms with van der Waals surface area (Å²) >= 11 is 7.09. The Balaban J connectivity index is 1.20. The Morgan fingerprint density at radius 1 is 1.15 bits per heavy atom. The highest BCUT2D eigenvalue weighted by Gasteiger charge is 2.42. The molecule has 1 amide bonds. The van der Waals surface area contributed by atoms with Gasteiger partial charge in [0.1, 0.15) is 10.3 Å². The number of carboxylic acids is 1.